The summed E-state index contributed by atoms with van der Waals surface area (Å²) in [5, 5.41) is 11.5. The van der Waals surface area contributed by atoms with Gasteiger partial charge < -0.3 is 24.4 Å². The molecule has 2 aliphatic heterocycles. The fraction of sp³-hybridized carbons (Fsp3) is 0.500. The molecule has 2 atom stereocenters. The smallest absolute Gasteiger partial charge is 0.295 e. The van der Waals surface area contributed by atoms with Gasteiger partial charge in [0, 0.05) is 18.5 Å². The number of Topliss-reactive ketones (excluding diaryl/α,β-unsaturated/α-hetero) is 1. The van der Waals surface area contributed by atoms with Crippen molar-refractivity contribution >= 4 is 17.4 Å². The SMILES string of the molecule is CCCCCOc1cccc([C@@H]2C(=C(O)c3ccc4c(c3)C[C@H](C)O4)C(=O)C(=O)N2CCCN(CC)CC)c1. The maximum Gasteiger partial charge on any atom is 0.295 e. The Morgan fingerprint density at radius 2 is 1.87 bits per heavy atom. The van der Waals surface area contributed by atoms with Gasteiger partial charge in [-0.15, -0.1) is 0 Å². The van der Waals surface area contributed by atoms with E-state index in [4.69, 9.17) is 9.47 Å². The lowest BCUT2D eigenvalue weighted by atomic mass is 9.94. The Kier molecular flexibility index (Phi) is 9.68. The first-order chi connectivity index (χ1) is 18.9. The molecule has 1 N–H and O–H groups in total. The normalized spacial score (nSPS) is 20.0. The number of ketones is 1. The quantitative estimate of drug-likeness (QED) is 0.153. The third kappa shape index (κ3) is 6.47. The number of carbonyl (C=O) groups excluding carboxylic acids is 2. The van der Waals surface area contributed by atoms with Crippen molar-refractivity contribution in [2.45, 2.75) is 71.9 Å². The molecule has 1 saturated heterocycles. The van der Waals surface area contributed by atoms with E-state index >= 15 is 0 Å². The van der Waals surface area contributed by atoms with E-state index in [2.05, 4.69) is 25.7 Å². The van der Waals surface area contributed by atoms with Gasteiger partial charge in [-0.1, -0.05) is 45.7 Å². The van der Waals surface area contributed by atoms with Crippen molar-refractivity contribution < 1.29 is 24.2 Å². The molecule has 2 aromatic carbocycles. The third-order valence-corrected chi connectivity index (χ3v) is 7.67. The highest BCUT2D eigenvalue weighted by Crippen LogP contribution is 2.41. The zero-order valence-electron chi connectivity index (χ0n) is 23.7. The van der Waals surface area contributed by atoms with Crippen LogP contribution in [0.3, 0.4) is 0 Å². The van der Waals surface area contributed by atoms with E-state index in [-0.39, 0.29) is 17.4 Å². The Labute approximate surface area is 232 Å². The second kappa shape index (κ2) is 13.2. The van der Waals surface area contributed by atoms with Gasteiger partial charge in [0.2, 0.25) is 0 Å². The van der Waals surface area contributed by atoms with Crippen molar-refractivity contribution in [1.29, 1.82) is 0 Å². The highest BCUT2D eigenvalue weighted by Gasteiger charge is 2.46. The van der Waals surface area contributed by atoms with Crippen LogP contribution < -0.4 is 9.47 Å². The number of hydrogen-bond acceptors (Lipinski definition) is 6. The minimum atomic E-state index is -0.690. The van der Waals surface area contributed by atoms with Gasteiger partial charge in [0.1, 0.15) is 23.4 Å². The summed E-state index contributed by atoms with van der Waals surface area (Å²) in [6.45, 7) is 12.1. The average Bonchev–Trinajstić information content (AvgIpc) is 3.44. The Hall–Kier alpha value is -3.32. The van der Waals surface area contributed by atoms with Gasteiger partial charge in [-0.3, -0.25) is 9.59 Å². The van der Waals surface area contributed by atoms with E-state index < -0.39 is 17.7 Å². The van der Waals surface area contributed by atoms with Gasteiger partial charge in [0.15, 0.2) is 0 Å². The average molecular weight is 535 g/mol. The molecule has 0 aromatic heterocycles. The summed E-state index contributed by atoms with van der Waals surface area (Å²) in [5.41, 5.74) is 2.38. The maximum absolute atomic E-state index is 13.5. The number of hydrogen-bond donors (Lipinski definition) is 1. The summed E-state index contributed by atoms with van der Waals surface area (Å²) in [6, 6.07) is 12.3. The number of amides is 1. The Bertz CT molecular complexity index is 1200. The molecule has 7 nitrogen and oxygen atoms in total. The molecule has 1 amide bonds. The molecule has 0 spiro atoms. The molecule has 0 bridgehead atoms. The van der Waals surface area contributed by atoms with E-state index in [1.165, 1.54) is 0 Å². The Balaban J connectivity index is 1.70. The molecular weight excluding hydrogens is 492 g/mol. The van der Waals surface area contributed by atoms with Gasteiger partial charge >= 0.3 is 0 Å². The number of rotatable bonds is 13. The number of likely N-dealkylation sites (tertiary alicyclic amines) is 1. The molecule has 0 aliphatic carbocycles. The Morgan fingerprint density at radius 1 is 1.08 bits per heavy atom. The summed E-state index contributed by atoms with van der Waals surface area (Å²) >= 11 is 0. The predicted octanol–water partition coefficient (Wildman–Crippen LogP) is 5.73. The van der Waals surface area contributed by atoms with Crippen molar-refractivity contribution in [3.63, 3.8) is 0 Å². The van der Waals surface area contributed by atoms with E-state index in [0.717, 1.165) is 68.6 Å². The fourth-order valence-corrected chi connectivity index (χ4v) is 5.50. The summed E-state index contributed by atoms with van der Waals surface area (Å²) in [5.74, 6) is 0.107. The summed E-state index contributed by atoms with van der Waals surface area (Å²) in [7, 11) is 0. The largest absolute Gasteiger partial charge is 0.507 e. The van der Waals surface area contributed by atoms with Crippen LogP contribution in [0, 0.1) is 0 Å². The van der Waals surface area contributed by atoms with Crippen LogP contribution in [0.25, 0.3) is 5.76 Å². The molecule has 1 fully saturated rings. The number of nitrogens with zero attached hydrogens (tertiary/aromatic N) is 2. The van der Waals surface area contributed by atoms with Crippen molar-refractivity contribution in [2.75, 3.05) is 32.8 Å². The summed E-state index contributed by atoms with van der Waals surface area (Å²) in [6.07, 6.45) is 4.69. The van der Waals surface area contributed by atoms with Crippen LogP contribution in [0.2, 0.25) is 0 Å². The van der Waals surface area contributed by atoms with Gasteiger partial charge in [-0.05, 0) is 80.9 Å². The molecule has 2 heterocycles. The van der Waals surface area contributed by atoms with Crippen LogP contribution in [0.1, 0.15) is 76.1 Å². The van der Waals surface area contributed by atoms with E-state index in [1.807, 2.05) is 43.3 Å². The molecule has 2 aromatic rings. The number of fused-ring (bicyclic) bond motifs is 1. The lowest BCUT2D eigenvalue weighted by Crippen LogP contribution is -2.33. The topological polar surface area (TPSA) is 79.3 Å². The first kappa shape index (κ1) is 28.7. The molecule has 210 valence electrons. The van der Waals surface area contributed by atoms with Crippen LogP contribution in [0.5, 0.6) is 11.5 Å². The van der Waals surface area contributed by atoms with Crippen molar-refractivity contribution in [2.24, 2.45) is 0 Å². The van der Waals surface area contributed by atoms with E-state index in [1.54, 1.807) is 11.0 Å². The fourth-order valence-electron chi connectivity index (χ4n) is 5.50. The number of carbonyl (C=O) groups is 2. The van der Waals surface area contributed by atoms with Gasteiger partial charge in [0.05, 0.1) is 18.2 Å². The number of ether oxygens (including phenoxy) is 2. The number of benzene rings is 2. The molecule has 0 unspecified atom stereocenters. The molecule has 0 saturated carbocycles. The molecular formula is C32H42N2O5. The first-order valence-electron chi connectivity index (χ1n) is 14.4. The monoisotopic (exact) mass is 534 g/mol. The maximum atomic E-state index is 13.5. The second-order valence-corrected chi connectivity index (χ2v) is 10.5. The first-order valence-corrected chi connectivity index (χ1v) is 14.4. The van der Waals surface area contributed by atoms with Crippen LogP contribution in [0.15, 0.2) is 48.0 Å². The zero-order chi connectivity index (χ0) is 27.9. The number of aliphatic hydroxyl groups excluding tert-OH is 1. The summed E-state index contributed by atoms with van der Waals surface area (Å²) in [4.78, 5) is 30.8. The van der Waals surface area contributed by atoms with Gasteiger partial charge in [0.25, 0.3) is 11.7 Å². The highest BCUT2D eigenvalue weighted by atomic mass is 16.5. The molecule has 2 aliphatic rings. The van der Waals surface area contributed by atoms with Gasteiger partial charge in [-0.25, -0.2) is 0 Å². The minimum Gasteiger partial charge on any atom is -0.507 e. The predicted molar refractivity (Wildman–Crippen MR) is 153 cm³/mol. The van der Waals surface area contributed by atoms with Crippen molar-refractivity contribution in [1.82, 2.24) is 9.80 Å². The van der Waals surface area contributed by atoms with E-state index in [0.29, 0.717) is 24.5 Å². The molecule has 4 rings (SSSR count). The molecule has 39 heavy (non-hydrogen) atoms. The van der Waals surface area contributed by atoms with Crippen LogP contribution in [-0.4, -0.2) is 65.5 Å². The van der Waals surface area contributed by atoms with Crippen LogP contribution >= 0.6 is 0 Å². The molecule has 7 heteroatoms. The summed E-state index contributed by atoms with van der Waals surface area (Å²) < 4.78 is 11.8. The highest BCUT2D eigenvalue weighted by molar-refractivity contribution is 6.46. The van der Waals surface area contributed by atoms with Crippen LogP contribution in [-0.2, 0) is 16.0 Å². The van der Waals surface area contributed by atoms with Gasteiger partial charge in [-0.2, -0.15) is 0 Å². The lowest BCUT2D eigenvalue weighted by molar-refractivity contribution is -0.140. The van der Waals surface area contributed by atoms with Crippen molar-refractivity contribution in [3.05, 3.63) is 64.7 Å². The zero-order valence-corrected chi connectivity index (χ0v) is 23.7. The third-order valence-electron chi connectivity index (χ3n) is 7.67. The van der Waals surface area contributed by atoms with Crippen molar-refractivity contribution in [3.8, 4) is 11.5 Å². The van der Waals surface area contributed by atoms with Crippen LogP contribution in [0.4, 0.5) is 0 Å². The second-order valence-electron chi connectivity index (χ2n) is 10.5. The Morgan fingerprint density at radius 3 is 2.62 bits per heavy atom. The lowest BCUT2D eigenvalue weighted by Gasteiger charge is -2.27. The number of unbranched alkanes of at least 4 members (excludes halogenated alkanes) is 2. The minimum absolute atomic E-state index is 0.0637. The number of aliphatic hydroxyl groups is 1. The van der Waals surface area contributed by atoms with E-state index in [9.17, 15) is 14.7 Å². The standard InChI is InChI=1S/C32H42N2O5/c1-5-8-9-18-38-26-13-10-12-23(21-26)29-28(30(35)24-14-15-27-25(20-24)19-22(4)39-27)31(36)32(37)34(29)17-11-16-33(6-2)7-3/h10,12-15,20-22,29,35H,5-9,11,16-19H2,1-4H3/t22-,29+/m0/s1. The molecule has 0 radical (unpaired) electrons.